The summed E-state index contributed by atoms with van der Waals surface area (Å²) in [6.45, 7) is 6.95. The summed E-state index contributed by atoms with van der Waals surface area (Å²) in [7, 11) is -3.54. The molecule has 0 spiro atoms. The maximum atomic E-state index is 12.9. The smallest absolute Gasteiger partial charge is 0.243 e. The predicted octanol–water partition coefficient (Wildman–Crippen LogP) is 4.04. The standard InChI is InChI=1S/C21H30N4O3S2/c1-4-5-6-19-23-24-21(29-19)22-20(26)17-11-13-25(14-12-17)30(27,28)18-9-7-16(8-10-18)15(2)3/h7-10,15,17H,4-6,11-14H2,1-3H3,(H,22,24,26). The van der Waals surface area contributed by atoms with E-state index in [0.717, 1.165) is 29.8 Å². The van der Waals surface area contributed by atoms with Crippen molar-refractivity contribution >= 4 is 32.4 Å². The van der Waals surface area contributed by atoms with Crippen LogP contribution in [0.15, 0.2) is 29.2 Å². The van der Waals surface area contributed by atoms with Crippen molar-refractivity contribution in [2.45, 2.75) is 63.7 Å². The number of benzene rings is 1. The molecule has 9 heteroatoms. The largest absolute Gasteiger partial charge is 0.300 e. The van der Waals surface area contributed by atoms with Crippen molar-refractivity contribution in [3.63, 3.8) is 0 Å². The fourth-order valence-electron chi connectivity index (χ4n) is 3.47. The number of hydrogen-bond donors (Lipinski definition) is 1. The van der Waals surface area contributed by atoms with Gasteiger partial charge in [0, 0.05) is 25.4 Å². The Morgan fingerprint density at radius 3 is 2.47 bits per heavy atom. The number of nitrogens with zero attached hydrogens (tertiary/aromatic N) is 3. The molecule has 1 amide bonds. The van der Waals surface area contributed by atoms with Crippen LogP contribution in [0.2, 0.25) is 0 Å². The molecular weight excluding hydrogens is 420 g/mol. The quantitative estimate of drug-likeness (QED) is 0.655. The number of carbonyl (C=O) groups is 1. The third-order valence-electron chi connectivity index (χ3n) is 5.45. The maximum Gasteiger partial charge on any atom is 0.243 e. The Kier molecular flexibility index (Phi) is 7.60. The molecule has 3 rings (SSSR count). The van der Waals surface area contributed by atoms with E-state index in [0.29, 0.717) is 41.9 Å². The third kappa shape index (κ3) is 5.44. The Bertz CT molecular complexity index is 947. The molecule has 1 aromatic carbocycles. The molecule has 164 valence electrons. The van der Waals surface area contributed by atoms with E-state index in [4.69, 9.17) is 0 Å². The normalized spacial score (nSPS) is 16.1. The number of hydrogen-bond acceptors (Lipinski definition) is 6. The van der Waals surface area contributed by atoms with Crippen LogP contribution >= 0.6 is 11.3 Å². The van der Waals surface area contributed by atoms with E-state index in [-0.39, 0.29) is 11.8 Å². The second-order valence-corrected chi connectivity index (χ2v) is 11.0. The summed E-state index contributed by atoms with van der Waals surface area (Å²) in [4.78, 5) is 12.9. The lowest BCUT2D eigenvalue weighted by molar-refractivity contribution is -0.120. The molecule has 0 bridgehead atoms. The van der Waals surface area contributed by atoms with Gasteiger partial charge in [0.2, 0.25) is 21.1 Å². The van der Waals surface area contributed by atoms with Gasteiger partial charge in [-0.05, 0) is 42.9 Å². The van der Waals surface area contributed by atoms with Crippen LogP contribution in [-0.4, -0.2) is 41.9 Å². The van der Waals surface area contributed by atoms with Crippen LogP contribution < -0.4 is 5.32 Å². The highest BCUT2D eigenvalue weighted by Gasteiger charge is 2.32. The monoisotopic (exact) mass is 450 g/mol. The first kappa shape index (κ1) is 22.8. The minimum atomic E-state index is -3.54. The Balaban J connectivity index is 1.55. The minimum absolute atomic E-state index is 0.105. The lowest BCUT2D eigenvalue weighted by atomic mass is 9.97. The van der Waals surface area contributed by atoms with Crippen molar-refractivity contribution in [2.24, 2.45) is 5.92 Å². The number of anilines is 1. The Morgan fingerprint density at radius 2 is 1.87 bits per heavy atom. The summed E-state index contributed by atoms with van der Waals surface area (Å²) < 4.78 is 27.3. The number of unbranched alkanes of at least 4 members (excludes halogenated alkanes) is 1. The lowest BCUT2D eigenvalue weighted by Gasteiger charge is -2.30. The molecule has 0 unspecified atom stereocenters. The molecule has 1 N–H and O–H groups in total. The molecule has 0 radical (unpaired) electrons. The van der Waals surface area contributed by atoms with Gasteiger partial charge >= 0.3 is 0 Å². The summed E-state index contributed by atoms with van der Waals surface area (Å²) >= 11 is 1.41. The van der Waals surface area contributed by atoms with E-state index < -0.39 is 10.0 Å². The molecule has 1 aliphatic rings. The zero-order chi connectivity index (χ0) is 21.7. The fraction of sp³-hybridized carbons (Fsp3) is 0.571. The van der Waals surface area contributed by atoms with E-state index in [1.54, 1.807) is 12.1 Å². The molecule has 0 atom stereocenters. The average Bonchev–Trinajstić information content (AvgIpc) is 3.19. The molecule has 0 saturated carbocycles. The van der Waals surface area contributed by atoms with E-state index in [1.165, 1.54) is 15.6 Å². The summed E-state index contributed by atoms with van der Waals surface area (Å²) in [5.41, 5.74) is 1.11. The van der Waals surface area contributed by atoms with Gasteiger partial charge in [-0.3, -0.25) is 4.79 Å². The molecule has 0 aliphatic carbocycles. The predicted molar refractivity (Wildman–Crippen MR) is 119 cm³/mol. The summed E-state index contributed by atoms with van der Waals surface area (Å²) in [6, 6.07) is 7.09. The summed E-state index contributed by atoms with van der Waals surface area (Å²) in [5, 5.41) is 12.5. The molecule has 7 nitrogen and oxygen atoms in total. The van der Waals surface area contributed by atoms with Crippen LogP contribution in [0.25, 0.3) is 0 Å². The van der Waals surface area contributed by atoms with E-state index in [2.05, 4.69) is 36.3 Å². The Labute approximate surface area is 183 Å². The molecule has 2 aromatic rings. The third-order valence-corrected chi connectivity index (χ3v) is 8.26. The zero-order valence-corrected chi connectivity index (χ0v) is 19.4. The van der Waals surface area contributed by atoms with Crippen LogP contribution in [0.5, 0.6) is 0 Å². The first-order valence-corrected chi connectivity index (χ1v) is 12.8. The number of amides is 1. The number of piperidine rings is 1. The number of sulfonamides is 1. The second-order valence-electron chi connectivity index (χ2n) is 8.00. The van der Waals surface area contributed by atoms with Crippen molar-refractivity contribution in [1.82, 2.24) is 14.5 Å². The van der Waals surface area contributed by atoms with E-state index in [1.807, 2.05) is 12.1 Å². The maximum absolute atomic E-state index is 12.9. The number of rotatable bonds is 8. The van der Waals surface area contributed by atoms with Crippen molar-refractivity contribution in [3.05, 3.63) is 34.8 Å². The van der Waals surface area contributed by atoms with Crippen molar-refractivity contribution in [1.29, 1.82) is 0 Å². The first-order chi connectivity index (χ1) is 14.3. The van der Waals surface area contributed by atoms with Gasteiger partial charge in [0.15, 0.2) is 0 Å². The number of aromatic nitrogens is 2. The van der Waals surface area contributed by atoms with Crippen molar-refractivity contribution < 1.29 is 13.2 Å². The van der Waals surface area contributed by atoms with Crippen LogP contribution in [-0.2, 0) is 21.2 Å². The van der Waals surface area contributed by atoms with Crippen molar-refractivity contribution in [3.8, 4) is 0 Å². The summed E-state index contributed by atoms with van der Waals surface area (Å²) in [6.07, 6.45) is 4.01. The minimum Gasteiger partial charge on any atom is -0.300 e. The van der Waals surface area contributed by atoms with Gasteiger partial charge in [-0.2, -0.15) is 4.31 Å². The highest BCUT2D eigenvalue weighted by Crippen LogP contribution is 2.26. The van der Waals surface area contributed by atoms with Crippen LogP contribution in [0.4, 0.5) is 5.13 Å². The first-order valence-electron chi connectivity index (χ1n) is 10.5. The van der Waals surface area contributed by atoms with Gasteiger partial charge in [0.25, 0.3) is 0 Å². The van der Waals surface area contributed by atoms with Crippen LogP contribution in [0, 0.1) is 5.92 Å². The van der Waals surface area contributed by atoms with Gasteiger partial charge in [-0.1, -0.05) is 50.7 Å². The number of aryl methyl sites for hydroxylation is 1. The fourth-order valence-corrected chi connectivity index (χ4v) is 5.73. The lowest BCUT2D eigenvalue weighted by Crippen LogP contribution is -2.41. The SMILES string of the molecule is CCCCc1nnc(NC(=O)C2CCN(S(=O)(=O)c3ccc(C(C)C)cc3)CC2)s1. The summed E-state index contributed by atoms with van der Waals surface area (Å²) in [5.74, 6) is 0.0288. The molecule has 1 saturated heterocycles. The van der Waals surface area contributed by atoms with Gasteiger partial charge in [0.1, 0.15) is 5.01 Å². The molecule has 1 aliphatic heterocycles. The van der Waals surface area contributed by atoms with Gasteiger partial charge in [0.05, 0.1) is 4.90 Å². The molecule has 2 heterocycles. The number of carbonyl (C=O) groups excluding carboxylic acids is 1. The molecule has 1 aromatic heterocycles. The Morgan fingerprint density at radius 1 is 1.20 bits per heavy atom. The zero-order valence-electron chi connectivity index (χ0n) is 17.8. The van der Waals surface area contributed by atoms with Crippen LogP contribution in [0.1, 0.15) is 62.9 Å². The molecule has 30 heavy (non-hydrogen) atoms. The second kappa shape index (κ2) is 9.98. The van der Waals surface area contributed by atoms with E-state index in [9.17, 15) is 13.2 Å². The van der Waals surface area contributed by atoms with E-state index >= 15 is 0 Å². The topological polar surface area (TPSA) is 92.3 Å². The van der Waals surface area contributed by atoms with Gasteiger partial charge in [-0.25, -0.2) is 8.42 Å². The molecular formula is C21H30N4O3S2. The average molecular weight is 451 g/mol. The Hall–Kier alpha value is -1.84. The van der Waals surface area contributed by atoms with Crippen molar-refractivity contribution in [2.75, 3.05) is 18.4 Å². The van der Waals surface area contributed by atoms with Gasteiger partial charge in [-0.15, -0.1) is 10.2 Å². The highest BCUT2D eigenvalue weighted by atomic mass is 32.2. The van der Waals surface area contributed by atoms with Crippen LogP contribution in [0.3, 0.4) is 0 Å². The highest BCUT2D eigenvalue weighted by molar-refractivity contribution is 7.89. The molecule has 1 fully saturated rings. The number of nitrogens with one attached hydrogen (secondary N) is 1. The van der Waals surface area contributed by atoms with Gasteiger partial charge < -0.3 is 5.32 Å².